The van der Waals surface area contributed by atoms with Crippen molar-refractivity contribution in [3.8, 4) is 17.6 Å². The molecule has 126 valence electrons. The van der Waals surface area contributed by atoms with Crippen LogP contribution in [0.1, 0.15) is 18.1 Å². The van der Waals surface area contributed by atoms with E-state index in [1.807, 2.05) is 54.9 Å². The second-order valence-corrected chi connectivity index (χ2v) is 5.54. The van der Waals surface area contributed by atoms with Crippen molar-refractivity contribution in [2.24, 2.45) is 7.05 Å². The molecule has 0 bridgehead atoms. The molecule has 0 saturated carbocycles. The quantitative estimate of drug-likeness (QED) is 0.664. The van der Waals surface area contributed by atoms with Gasteiger partial charge in [-0.15, -0.1) is 0 Å². The summed E-state index contributed by atoms with van der Waals surface area (Å²) < 4.78 is 13.0. The van der Waals surface area contributed by atoms with Crippen LogP contribution in [0.4, 0.5) is 0 Å². The number of benzene rings is 2. The molecule has 0 saturated heterocycles. The van der Waals surface area contributed by atoms with Crippen LogP contribution in [0, 0.1) is 11.3 Å². The van der Waals surface area contributed by atoms with Crippen molar-refractivity contribution in [2.45, 2.75) is 6.92 Å². The third-order valence-electron chi connectivity index (χ3n) is 4.02. The first-order valence-corrected chi connectivity index (χ1v) is 8.00. The van der Waals surface area contributed by atoms with Crippen molar-refractivity contribution < 1.29 is 9.47 Å². The van der Waals surface area contributed by atoms with Crippen molar-refractivity contribution in [2.75, 3.05) is 13.7 Å². The number of ether oxygens (including phenoxy) is 2. The number of fused-ring (bicyclic) bond motifs is 1. The molecule has 0 aliphatic carbocycles. The van der Waals surface area contributed by atoms with Crippen LogP contribution >= 0.6 is 0 Å². The summed E-state index contributed by atoms with van der Waals surface area (Å²) in [6, 6.07) is 13.8. The molecule has 5 nitrogen and oxygen atoms in total. The minimum atomic E-state index is 0.539. The van der Waals surface area contributed by atoms with Crippen LogP contribution in [0.5, 0.6) is 11.5 Å². The number of nitrogens with zero attached hydrogens (tertiary/aromatic N) is 3. The maximum absolute atomic E-state index is 9.25. The van der Waals surface area contributed by atoms with Crippen LogP contribution in [-0.4, -0.2) is 23.3 Å². The Kier molecular flexibility index (Phi) is 4.71. The molecule has 0 atom stereocenters. The highest BCUT2D eigenvalue weighted by molar-refractivity contribution is 5.87. The fourth-order valence-corrected chi connectivity index (χ4v) is 2.81. The van der Waals surface area contributed by atoms with Crippen LogP contribution in [0.15, 0.2) is 48.8 Å². The smallest absolute Gasteiger partial charge is 0.161 e. The second-order valence-electron chi connectivity index (χ2n) is 5.54. The zero-order valence-electron chi connectivity index (χ0n) is 14.5. The summed E-state index contributed by atoms with van der Waals surface area (Å²) in [4.78, 5) is 4.40. The number of aromatic nitrogens is 2. The topological polar surface area (TPSA) is 60.1 Å². The number of allylic oxidation sites excluding steroid dienone is 1. The Hall–Kier alpha value is -3.26. The first kappa shape index (κ1) is 16.6. The third-order valence-corrected chi connectivity index (χ3v) is 4.02. The van der Waals surface area contributed by atoms with Crippen molar-refractivity contribution in [3.05, 3.63) is 59.9 Å². The SMILES string of the molecule is CCOc1cc(/C(=C/C#N)c2ccc3c(c2)ncn3C)ccc1OC. The van der Waals surface area contributed by atoms with E-state index in [1.54, 1.807) is 19.5 Å². The molecule has 0 amide bonds. The zero-order chi connectivity index (χ0) is 17.8. The van der Waals surface area contributed by atoms with Gasteiger partial charge in [-0.05, 0) is 47.9 Å². The van der Waals surface area contributed by atoms with E-state index in [0.717, 1.165) is 27.7 Å². The van der Waals surface area contributed by atoms with E-state index in [1.165, 1.54) is 0 Å². The first-order chi connectivity index (χ1) is 12.2. The van der Waals surface area contributed by atoms with Crippen LogP contribution in [-0.2, 0) is 7.05 Å². The summed E-state index contributed by atoms with van der Waals surface area (Å²) in [5, 5.41) is 9.25. The van der Waals surface area contributed by atoms with Gasteiger partial charge in [-0.25, -0.2) is 4.98 Å². The Bertz CT molecular complexity index is 980. The molecule has 3 rings (SSSR count). The Morgan fingerprint density at radius 3 is 2.68 bits per heavy atom. The normalized spacial score (nSPS) is 11.4. The second kappa shape index (κ2) is 7.10. The molecule has 1 aromatic heterocycles. The average Bonchev–Trinajstić information content (AvgIpc) is 3.00. The molecule has 0 aliphatic rings. The van der Waals surface area contributed by atoms with Gasteiger partial charge in [0, 0.05) is 13.1 Å². The van der Waals surface area contributed by atoms with Crippen LogP contribution < -0.4 is 9.47 Å². The van der Waals surface area contributed by atoms with Gasteiger partial charge in [-0.2, -0.15) is 5.26 Å². The van der Waals surface area contributed by atoms with Crippen LogP contribution in [0.3, 0.4) is 0 Å². The number of aryl methyl sites for hydroxylation is 1. The molecule has 1 heterocycles. The van der Waals surface area contributed by atoms with Gasteiger partial charge >= 0.3 is 0 Å². The Morgan fingerprint density at radius 1 is 1.20 bits per heavy atom. The van der Waals surface area contributed by atoms with E-state index in [-0.39, 0.29) is 0 Å². The number of nitriles is 1. The van der Waals surface area contributed by atoms with Gasteiger partial charge in [-0.1, -0.05) is 12.1 Å². The molecule has 25 heavy (non-hydrogen) atoms. The van der Waals surface area contributed by atoms with Gasteiger partial charge < -0.3 is 14.0 Å². The molecular formula is C20H19N3O2. The van der Waals surface area contributed by atoms with Crippen LogP contribution in [0.2, 0.25) is 0 Å². The fraction of sp³-hybridized carbons (Fsp3) is 0.200. The summed E-state index contributed by atoms with van der Waals surface area (Å²) in [5.41, 5.74) is 4.58. The van der Waals surface area contributed by atoms with E-state index >= 15 is 0 Å². The minimum absolute atomic E-state index is 0.539. The molecule has 0 N–H and O–H groups in total. The summed E-state index contributed by atoms with van der Waals surface area (Å²) in [5.74, 6) is 1.33. The van der Waals surface area contributed by atoms with Gasteiger partial charge in [0.1, 0.15) is 0 Å². The van der Waals surface area contributed by atoms with E-state index in [2.05, 4.69) is 11.1 Å². The standard InChI is InChI=1S/C20H19N3O2/c1-4-25-20-12-15(6-8-19(20)24-3)16(9-10-21)14-5-7-18-17(11-14)22-13-23(18)2/h5-9,11-13H,4H2,1-3H3/b16-9+. The monoisotopic (exact) mass is 333 g/mol. The number of methoxy groups -OCH3 is 1. The number of hydrogen-bond acceptors (Lipinski definition) is 4. The van der Waals surface area contributed by atoms with E-state index in [4.69, 9.17) is 9.47 Å². The van der Waals surface area contributed by atoms with Gasteiger partial charge in [-0.3, -0.25) is 0 Å². The zero-order valence-corrected chi connectivity index (χ0v) is 14.5. The van der Waals surface area contributed by atoms with E-state index < -0.39 is 0 Å². The number of rotatable bonds is 5. The maximum Gasteiger partial charge on any atom is 0.161 e. The lowest BCUT2D eigenvalue weighted by Gasteiger charge is -2.13. The summed E-state index contributed by atoms with van der Waals surface area (Å²) in [6.07, 6.45) is 3.32. The predicted octanol–water partition coefficient (Wildman–Crippen LogP) is 3.94. The van der Waals surface area contributed by atoms with Gasteiger partial charge in [0.15, 0.2) is 11.5 Å². The predicted molar refractivity (Wildman–Crippen MR) is 97.6 cm³/mol. The molecule has 5 heteroatoms. The highest BCUT2D eigenvalue weighted by Gasteiger charge is 2.12. The van der Waals surface area contributed by atoms with E-state index in [9.17, 15) is 5.26 Å². The lowest BCUT2D eigenvalue weighted by Crippen LogP contribution is -1.97. The number of imidazole rings is 1. The maximum atomic E-state index is 9.25. The molecule has 0 aliphatic heterocycles. The highest BCUT2D eigenvalue weighted by atomic mass is 16.5. The molecule has 2 aromatic carbocycles. The Morgan fingerprint density at radius 2 is 1.96 bits per heavy atom. The molecule has 0 fully saturated rings. The summed E-state index contributed by atoms with van der Waals surface area (Å²) in [7, 11) is 3.57. The fourth-order valence-electron chi connectivity index (χ4n) is 2.81. The lowest BCUT2D eigenvalue weighted by molar-refractivity contribution is 0.311. The van der Waals surface area contributed by atoms with E-state index in [0.29, 0.717) is 18.1 Å². The molecule has 3 aromatic rings. The first-order valence-electron chi connectivity index (χ1n) is 8.00. The Balaban J connectivity index is 2.11. The Labute approximate surface area is 146 Å². The largest absolute Gasteiger partial charge is 0.493 e. The molecule has 0 radical (unpaired) electrons. The lowest BCUT2D eigenvalue weighted by atomic mass is 9.97. The van der Waals surface area contributed by atoms with Crippen LogP contribution in [0.25, 0.3) is 16.6 Å². The minimum Gasteiger partial charge on any atom is -0.493 e. The van der Waals surface area contributed by atoms with Gasteiger partial charge in [0.25, 0.3) is 0 Å². The highest BCUT2D eigenvalue weighted by Crippen LogP contribution is 2.33. The summed E-state index contributed by atoms with van der Waals surface area (Å²) >= 11 is 0. The van der Waals surface area contributed by atoms with Gasteiger partial charge in [0.2, 0.25) is 0 Å². The summed E-state index contributed by atoms with van der Waals surface area (Å²) in [6.45, 7) is 2.46. The molecular weight excluding hydrogens is 314 g/mol. The van der Waals surface area contributed by atoms with Gasteiger partial charge in [0.05, 0.1) is 37.1 Å². The van der Waals surface area contributed by atoms with Crippen molar-refractivity contribution in [1.82, 2.24) is 9.55 Å². The van der Waals surface area contributed by atoms with Crippen molar-refractivity contribution in [1.29, 1.82) is 5.26 Å². The molecule has 0 unspecified atom stereocenters. The third kappa shape index (κ3) is 3.20. The molecule has 0 spiro atoms. The van der Waals surface area contributed by atoms with Crippen molar-refractivity contribution in [3.63, 3.8) is 0 Å². The number of hydrogen-bond donors (Lipinski definition) is 0. The average molecular weight is 333 g/mol. The van der Waals surface area contributed by atoms with Crippen molar-refractivity contribution >= 4 is 16.6 Å².